The maximum Gasteiger partial charge on any atom is 0.271 e. The number of fused-ring (bicyclic) bond motifs is 1. The van der Waals surface area contributed by atoms with E-state index in [9.17, 15) is 4.79 Å². The Labute approximate surface area is 135 Å². The van der Waals surface area contributed by atoms with Crippen LogP contribution in [0.4, 0.5) is 0 Å². The van der Waals surface area contributed by atoms with Crippen molar-refractivity contribution in [3.05, 3.63) is 53.3 Å². The molecule has 0 saturated heterocycles. The van der Waals surface area contributed by atoms with E-state index in [4.69, 9.17) is 5.11 Å². The minimum Gasteiger partial charge on any atom is -0.395 e. The number of rotatable bonds is 5. The Kier molecular flexibility index (Phi) is 5.05. The lowest BCUT2D eigenvalue weighted by molar-refractivity contribution is 0.0939. The summed E-state index contributed by atoms with van der Waals surface area (Å²) < 4.78 is 1.93. The molecule has 0 spiro atoms. The number of amides is 1. The fourth-order valence-corrected chi connectivity index (χ4v) is 2.88. The second-order valence-corrected chi connectivity index (χ2v) is 5.77. The average Bonchev–Trinajstić information content (AvgIpc) is 2.87. The average molecular weight is 314 g/mol. The quantitative estimate of drug-likeness (QED) is 0.864. The number of aliphatic hydroxyl groups is 1. The van der Waals surface area contributed by atoms with Crippen molar-refractivity contribution in [3.63, 3.8) is 0 Å². The fourth-order valence-electron chi connectivity index (χ4n) is 2.88. The minimum atomic E-state index is -0.228. The molecule has 2 heterocycles. The highest BCUT2D eigenvalue weighted by molar-refractivity contribution is 5.92. The molecule has 0 atom stereocenters. The van der Waals surface area contributed by atoms with E-state index in [1.165, 1.54) is 5.56 Å². The first kappa shape index (κ1) is 15.7. The summed E-state index contributed by atoms with van der Waals surface area (Å²) in [5.74, 6) is -0.228. The van der Waals surface area contributed by atoms with E-state index in [1.807, 2.05) is 16.8 Å². The Morgan fingerprint density at radius 1 is 1.26 bits per heavy atom. The van der Waals surface area contributed by atoms with Gasteiger partial charge in [0.1, 0.15) is 5.69 Å². The van der Waals surface area contributed by atoms with Crippen LogP contribution < -0.4 is 5.32 Å². The van der Waals surface area contributed by atoms with Gasteiger partial charge in [0.05, 0.1) is 12.3 Å². The number of hydrogen-bond donors (Lipinski definition) is 2. The molecule has 3 rings (SSSR count). The van der Waals surface area contributed by atoms with Gasteiger partial charge in [-0.2, -0.15) is 5.10 Å². The van der Waals surface area contributed by atoms with Gasteiger partial charge in [-0.25, -0.2) is 0 Å². The molecule has 1 aliphatic heterocycles. The lowest BCUT2D eigenvalue weighted by atomic mass is 10.2. The number of nitrogens with zero attached hydrogens (tertiary/aromatic N) is 3. The van der Waals surface area contributed by atoms with Crippen LogP contribution in [0.5, 0.6) is 0 Å². The SMILES string of the molecule is O=C(NCCO)c1cc2n(n1)CCCN(Cc1ccccc1)C2. The monoisotopic (exact) mass is 314 g/mol. The van der Waals surface area contributed by atoms with Crippen molar-refractivity contribution in [2.24, 2.45) is 0 Å². The molecule has 0 fully saturated rings. The summed E-state index contributed by atoms with van der Waals surface area (Å²) in [4.78, 5) is 14.3. The molecule has 0 unspecified atom stereocenters. The van der Waals surface area contributed by atoms with Crippen LogP contribution in [0.1, 0.15) is 28.2 Å². The van der Waals surface area contributed by atoms with Crippen molar-refractivity contribution in [1.29, 1.82) is 0 Å². The van der Waals surface area contributed by atoms with Gasteiger partial charge in [0.2, 0.25) is 0 Å². The topological polar surface area (TPSA) is 70.4 Å². The lowest BCUT2D eigenvalue weighted by Crippen LogP contribution is -2.27. The number of hydrogen-bond acceptors (Lipinski definition) is 4. The van der Waals surface area contributed by atoms with Crippen LogP contribution in [0.25, 0.3) is 0 Å². The van der Waals surface area contributed by atoms with Gasteiger partial charge in [0, 0.05) is 32.7 Å². The number of benzene rings is 1. The molecule has 0 saturated carbocycles. The third kappa shape index (κ3) is 3.97. The second-order valence-electron chi connectivity index (χ2n) is 5.77. The first-order valence-corrected chi connectivity index (χ1v) is 7.98. The van der Waals surface area contributed by atoms with Crippen molar-refractivity contribution in [2.75, 3.05) is 19.7 Å². The van der Waals surface area contributed by atoms with E-state index in [0.717, 1.165) is 38.3 Å². The summed E-state index contributed by atoms with van der Waals surface area (Å²) in [5, 5.41) is 15.8. The summed E-state index contributed by atoms with van der Waals surface area (Å²) in [7, 11) is 0. The zero-order chi connectivity index (χ0) is 16.1. The zero-order valence-corrected chi connectivity index (χ0v) is 13.1. The zero-order valence-electron chi connectivity index (χ0n) is 13.1. The second kappa shape index (κ2) is 7.39. The summed E-state index contributed by atoms with van der Waals surface area (Å²) in [6, 6.07) is 12.3. The van der Waals surface area contributed by atoms with Gasteiger partial charge in [0.15, 0.2) is 0 Å². The maximum absolute atomic E-state index is 12.0. The highest BCUT2D eigenvalue weighted by atomic mass is 16.3. The molecule has 1 aromatic heterocycles. The van der Waals surface area contributed by atoms with Gasteiger partial charge >= 0.3 is 0 Å². The van der Waals surface area contributed by atoms with Crippen LogP contribution in [0.3, 0.4) is 0 Å². The molecule has 23 heavy (non-hydrogen) atoms. The molecular formula is C17H22N4O2. The van der Waals surface area contributed by atoms with Crippen LogP contribution in [0.15, 0.2) is 36.4 Å². The molecule has 1 aromatic carbocycles. The van der Waals surface area contributed by atoms with Crippen LogP contribution in [0.2, 0.25) is 0 Å². The van der Waals surface area contributed by atoms with Crippen molar-refractivity contribution in [1.82, 2.24) is 20.0 Å². The third-order valence-electron chi connectivity index (χ3n) is 3.97. The lowest BCUT2D eigenvalue weighted by Gasteiger charge is -2.19. The van der Waals surface area contributed by atoms with Gasteiger partial charge < -0.3 is 10.4 Å². The smallest absolute Gasteiger partial charge is 0.271 e. The summed E-state index contributed by atoms with van der Waals surface area (Å²) in [5.41, 5.74) is 2.78. The van der Waals surface area contributed by atoms with Crippen LogP contribution in [-0.4, -0.2) is 45.4 Å². The molecule has 2 aromatic rings. The molecule has 1 amide bonds. The molecule has 122 valence electrons. The number of nitrogens with one attached hydrogen (secondary N) is 1. The third-order valence-corrected chi connectivity index (χ3v) is 3.97. The number of aromatic nitrogens is 2. The highest BCUT2D eigenvalue weighted by Crippen LogP contribution is 2.16. The molecule has 0 radical (unpaired) electrons. The molecule has 2 N–H and O–H groups in total. The predicted octanol–water partition coefficient (Wildman–Crippen LogP) is 1.01. The Balaban J connectivity index is 1.69. The van der Waals surface area contributed by atoms with Crippen LogP contribution in [-0.2, 0) is 19.6 Å². The molecule has 6 heteroatoms. The van der Waals surface area contributed by atoms with Crippen LogP contribution in [0, 0.1) is 0 Å². The van der Waals surface area contributed by atoms with Gasteiger partial charge in [0.25, 0.3) is 5.91 Å². The largest absolute Gasteiger partial charge is 0.395 e. The predicted molar refractivity (Wildman–Crippen MR) is 86.8 cm³/mol. The summed E-state index contributed by atoms with van der Waals surface area (Å²) in [6.45, 7) is 3.72. The molecular weight excluding hydrogens is 292 g/mol. The fraction of sp³-hybridized carbons (Fsp3) is 0.412. The van der Waals surface area contributed by atoms with Crippen LogP contribution >= 0.6 is 0 Å². The maximum atomic E-state index is 12.0. The minimum absolute atomic E-state index is 0.0653. The Hall–Kier alpha value is -2.18. The molecule has 0 aliphatic carbocycles. The van der Waals surface area contributed by atoms with E-state index in [0.29, 0.717) is 5.69 Å². The number of carbonyl (C=O) groups is 1. The van der Waals surface area contributed by atoms with Gasteiger partial charge in [-0.15, -0.1) is 0 Å². The van der Waals surface area contributed by atoms with Gasteiger partial charge in [-0.05, 0) is 18.1 Å². The first-order valence-electron chi connectivity index (χ1n) is 7.98. The number of aliphatic hydroxyl groups excluding tert-OH is 1. The normalized spacial score (nSPS) is 15.0. The van der Waals surface area contributed by atoms with Gasteiger partial charge in [-0.3, -0.25) is 14.4 Å². The molecule has 1 aliphatic rings. The Bertz CT molecular complexity index is 654. The highest BCUT2D eigenvalue weighted by Gasteiger charge is 2.19. The first-order chi connectivity index (χ1) is 11.3. The van der Waals surface area contributed by atoms with E-state index in [2.05, 4.69) is 39.6 Å². The van der Waals surface area contributed by atoms with E-state index >= 15 is 0 Å². The van der Waals surface area contributed by atoms with Crippen molar-refractivity contribution >= 4 is 5.91 Å². The summed E-state index contributed by atoms with van der Waals surface area (Å²) in [6.07, 6.45) is 1.01. The Morgan fingerprint density at radius 3 is 2.87 bits per heavy atom. The van der Waals surface area contributed by atoms with E-state index in [-0.39, 0.29) is 19.1 Å². The Morgan fingerprint density at radius 2 is 2.09 bits per heavy atom. The summed E-state index contributed by atoms with van der Waals surface area (Å²) >= 11 is 0. The van der Waals surface area contributed by atoms with Crippen molar-refractivity contribution in [3.8, 4) is 0 Å². The van der Waals surface area contributed by atoms with E-state index in [1.54, 1.807) is 0 Å². The van der Waals surface area contributed by atoms with Gasteiger partial charge in [-0.1, -0.05) is 30.3 Å². The number of aryl methyl sites for hydroxylation is 1. The standard InChI is InChI=1S/C17H22N4O2/c22-10-7-18-17(23)16-11-15-13-20(8-4-9-21(15)19-16)12-14-5-2-1-3-6-14/h1-3,5-6,11,22H,4,7-10,12-13H2,(H,18,23). The van der Waals surface area contributed by atoms with Crippen molar-refractivity contribution < 1.29 is 9.90 Å². The number of carbonyl (C=O) groups excluding carboxylic acids is 1. The molecule has 6 nitrogen and oxygen atoms in total. The molecule has 0 bridgehead atoms. The van der Waals surface area contributed by atoms with Crippen molar-refractivity contribution in [2.45, 2.75) is 26.1 Å². The van der Waals surface area contributed by atoms with E-state index < -0.39 is 0 Å².